The molecule has 2 aromatic carbocycles. The molecule has 0 fully saturated rings. The van der Waals surface area contributed by atoms with Crippen molar-refractivity contribution in [2.45, 2.75) is 6.92 Å². The zero-order valence-electron chi connectivity index (χ0n) is 10.2. The highest BCUT2D eigenvalue weighted by Gasteiger charge is 2.10. The van der Waals surface area contributed by atoms with E-state index >= 15 is 0 Å². The molecule has 0 saturated heterocycles. The van der Waals surface area contributed by atoms with Crippen molar-refractivity contribution in [3.8, 4) is 16.9 Å². The lowest BCUT2D eigenvalue weighted by molar-refractivity contribution is 0.101. The molecule has 0 aliphatic carbocycles. The van der Waals surface area contributed by atoms with Gasteiger partial charge in [0.1, 0.15) is 5.75 Å². The maximum atomic E-state index is 11.6. The van der Waals surface area contributed by atoms with Crippen LogP contribution < -0.4 is 4.74 Å². The summed E-state index contributed by atoms with van der Waals surface area (Å²) in [5, 5.41) is 0.557. The van der Waals surface area contributed by atoms with Crippen molar-refractivity contribution >= 4 is 17.4 Å². The van der Waals surface area contributed by atoms with Crippen LogP contribution in [-0.4, -0.2) is 12.9 Å². The Morgan fingerprint density at radius 2 is 1.89 bits per heavy atom. The highest BCUT2D eigenvalue weighted by molar-refractivity contribution is 6.32. The summed E-state index contributed by atoms with van der Waals surface area (Å²) in [5.74, 6) is 0.645. The predicted octanol–water partition coefficient (Wildman–Crippen LogP) is 4.22. The third kappa shape index (κ3) is 2.39. The standard InChI is InChI=1S/C15H13ClO2/c1-10(17)12-5-3-4-6-13(12)11-7-8-14(16)15(9-11)18-2/h3-9H,1-2H3. The van der Waals surface area contributed by atoms with Gasteiger partial charge in [0.25, 0.3) is 0 Å². The molecule has 0 N–H and O–H groups in total. The number of carbonyl (C=O) groups excluding carboxylic acids is 1. The first-order valence-electron chi connectivity index (χ1n) is 5.57. The van der Waals surface area contributed by atoms with Crippen LogP contribution in [-0.2, 0) is 0 Å². The fourth-order valence-corrected chi connectivity index (χ4v) is 2.06. The van der Waals surface area contributed by atoms with Crippen LogP contribution in [0.3, 0.4) is 0 Å². The van der Waals surface area contributed by atoms with E-state index in [0.29, 0.717) is 16.3 Å². The van der Waals surface area contributed by atoms with Gasteiger partial charge in [-0.3, -0.25) is 4.79 Å². The number of benzene rings is 2. The molecule has 0 aromatic heterocycles. The number of ether oxygens (including phenoxy) is 1. The third-order valence-electron chi connectivity index (χ3n) is 2.77. The van der Waals surface area contributed by atoms with Gasteiger partial charge < -0.3 is 4.74 Å². The first kappa shape index (κ1) is 12.7. The van der Waals surface area contributed by atoms with E-state index in [0.717, 1.165) is 11.1 Å². The van der Waals surface area contributed by atoms with E-state index in [9.17, 15) is 4.79 Å². The second-order valence-corrected chi connectivity index (χ2v) is 4.36. The van der Waals surface area contributed by atoms with Gasteiger partial charge in [0.15, 0.2) is 5.78 Å². The van der Waals surface area contributed by atoms with Crippen molar-refractivity contribution in [1.29, 1.82) is 0 Å². The van der Waals surface area contributed by atoms with Crippen LogP contribution in [0.15, 0.2) is 42.5 Å². The molecule has 0 unspecified atom stereocenters. The maximum absolute atomic E-state index is 11.6. The third-order valence-corrected chi connectivity index (χ3v) is 3.08. The van der Waals surface area contributed by atoms with Crippen molar-refractivity contribution in [3.63, 3.8) is 0 Å². The molecule has 0 aliphatic heterocycles. The van der Waals surface area contributed by atoms with Gasteiger partial charge in [-0.05, 0) is 30.2 Å². The first-order chi connectivity index (χ1) is 8.63. The lowest BCUT2D eigenvalue weighted by atomic mass is 9.97. The normalized spacial score (nSPS) is 10.2. The fourth-order valence-electron chi connectivity index (χ4n) is 1.87. The van der Waals surface area contributed by atoms with Gasteiger partial charge in [-0.2, -0.15) is 0 Å². The Morgan fingerprint density at radius 3 is 2.56 bits per heavy atom. The molecule has 18 heavy (non-hydrogen) atoms. The Kier molecular flexibility index (Phi) is 3.68. The summed E-state index contributed by atoms with van der Waals surface area (Å²) >= 11 is 5.99. The summed E-state index contributed by atoms with van der Waals surface area (Å²) in [7, 11) is 1.57. The van der Waals surface area contributed by atoms with E-state index in [-0.39, 0.29) is 5.78 Å². The van der Waals surface area contributed by atoms with Gasteiger partial charge in [-0.25, -0.2) is 0 Å². The summed E-state index contributed by atoms with van der Waals surface area (Å²) < 4.78 is 5.19. The molecule has 0 aliphatic rings. The summed E-state index contributed by atoms with van der Waals surface area (Å²) in [6.45, 7) is 1.56. The predicted molar refractivity (Wildman–Crippen MR) is 73.4 cm³/mol. The first-order valence-corrected chi connectivity index (χ1v) is 5.95. The number of methoxy groups -OCH3 is 1. The molecular weight excluding hydrogens is 248 g/mol. The van der Waals surface area contributed by atoms with E-state index in [1.54, 1.807) is 20.1 Å². The van der Waals surface area contributed by atoms with Crippen LogP contribution >= 0.6 is 11.6 Å². The molecule has 0 heterocycles. The molecule has 0 atom stereocenters. The molecule has 0 saturated carbocycles. The number of rotatable bonds is 3. The summed E-state index contributed by atoms with van der Waals surface area (Å²) in [4.78, 5) is 11.6. The van der Waals surface area contributed by atoms with Crippen LogP contribution in [0.1, 0.15) is 17.3 Å². The van der Waals surface area contributed by atoms with Crippen LogP contribution in [0, 0.1) is 0 Å². The number of hydrogen-bond donors (Lipinski definition) is 0. The lowest BCUT2D eigenvalue weighted by Gasteiger charge is -2.09. The SMILES string of the molecule is COc1cc(-c2ccccc2C(C)=O)ccc1Cl. The van der Waals surface area contributed by atoms with Gasteiger partial charge >= 0.3 is 0 Å². The quantitative estimate of drug-likeness (QED) is 0.773. The molecule has 0 bridgehead atoms. The Morgan fingerprint density at radius 1 is 1.17 bits per heavy atom. The van der Waals surface area contributed by atoms with Gasteiger partial charge in [0, 0.05) is 5.56 Å². The van der Waals surface area contributed by atoms with E-state index in [2.05, 4.69) is 0 Å². The van der Waals surface area contributed by atoms with E-state index in [1.807, 2.05) is 36.4 Å². The Balaban J connectivity index is 2.58. The molecule has 2 rings (SSSR count). The van der Waals surface area contributed by atoms with Gasteiger partial charge in [-0.1, -0.05) is 41.9 Å². The van der Waals surface area contributed by atoms with Crippen molar-refractivity contribution in [2.24, 2.45) is 0 Å². The van der Waals surface area contributed by atoms with Gasteiger partial charge in [0.05, 0.1) is 12.1 Å². The molecular formula is C15H13ClO2. The number of ketones is 1. The number of Topliss-reactive ketones (excluding diaryl/α,β-unsaturated/α-hetero) is 1. The minimum Gasteiger partial charge on any atom is -0.495 e. The lowest BCUT2D eigenvalue weighted by Crippen LogP contribution is -1.96. The average Bonchev–Trinajstić information content (AvgIpc) is 2.39. The number of carbonyl (C=O) groups is 1. The largest absolute Gasteiger partial charge is 0.495 e. The van der Waals surface area contributed by atoms with Crippen molar-refractivity contribution in [1.82, 2.24) is 0 Å². The summed E-state index contributed by atoms with van der Waals surface area (Å²) in [6.07, 6.45) is 0. The molecule has 3 heteroatoms. The Bertz CT molecular complexity index is 591. The minimum atomic E-state index is 0.0412. The highest BCUT2D eigenvalue weighted by Crippen LogP contribution is 2.32. The summed E-state index contributed by atoms with van der Waals surface area (Å²) in [6, 6.07) is 13.0. The van der Waals surface area contributed by atoms with Crippen molar-refractivity contribution in [3.05, 3.63) is 53.1 Å². The smallest absolute Gasteiger partial charge is 0.160 e. The maximum Gasteiger partial charge on any atom is 0.160 e. The summed E-state index contributed by atoms with van der Waals surface area (Å²) in [5.41, 5.74) is 2.50. The second-order valence-electron chi connectivity index (χ2n) is 3.95. The van der Waals surface area contributed by atoms with E-state index in [1.165, 1.54) is 0 Å². The van der Waals surface area contributed by atoms with Gasteiger partial charge in [-0.15, -0.1) is 0 Å². The minimum absolute atomic E-state index is 0.0412. The van der Waals surface area contributed by atoms with E-state index < -0.39 is 0 Å². The fraction of sp³-hybridized carbons (Fsp3) is 0.133. The second kappa shape index (κ2) is 5.23. The molecule has 0 amide bonds. The van der Waals surface area contributed by atoms with E-state index in [4.69, 9.17) is 16.3 Å². The molecule has 2 nitrogen and oxygen atoms in total. The van der Waals surface area contributed by atoms with Crippen LogP contribution in [0.5, 0.6) is 5.75 Å². The van der Waals surface area contributed by atoms with Crippen molar-refractivity contribution < 1.29 is 9.53 Å². The Labute approximate surface area is 111 Å². The van der Waals surface area contributed by atoms with Crippen LogP contribution in [0.4, 0.5) is 0 Å². The average molecular weight is 261 g/mol. The highest BCUT2D eigenvalue weighted by atomic mass is 35.5. The van der Waals surface area contributed by atoms with Crippen molar-refractivity contribution in [2.75, 3.05) is 7.11 Å². The number of hydrogen-bond acceptors (Lipinski definition) is 2. The zero-order valence-corrected chi connectivity index (χ0v) is 11.0. The monoisotopic (exact) mass is 260 g/mol. The molecule has 92 valence electrons. The Hall–Kier alpha value is -1.80. The van der Waals surface area contributed by atoms with Gasteiger partial charge in [0.2, 0.25) is 0 Å². The zero-order chi connectivity index (χ0) is 13.1. The van der Waals surface area contributed by atoms with Crippen LogP contribution in [0.2, 0.25) is 5.02 Å². The molecule has 2 aromatic rings. The number of halogens is 1. The molecule has 0 spiro atoms. The topological polar surface area (TPSA) is 26.3 Å². The van der Waals surface area contributed by atoms with Crippen LogP contribution in [0.25, 0.3) is 11.1 Å². The molecule has 0 radical (unpaired) electrons.